The maximum absolute atomic E-state index is 11.7. The lowest BCUT2D eigenvalue weighted by Gasteiger charge is -2.24. The first-order valence-corrected chi connectivity index (χ1v) is 7.77. The molecule has 0 saturated heterocycles. The van der Waals surface area contributed by atoms with E-state index in [0.717, 1.165) is 13.0 Å². The summed E-state index contributed by atoms with van der Waals surface area (Å²) in [6.45, 7) is 8.79. The molecule has 1 amide bonds. The molecule has 2 unspecified atom stereocenters. The highest BCUT2D eigenvalue weighted by Crippen LogP contribution is 2.08. The molecule has 1 aromatic rings. The average molecular weight is 307 g/mol. The molecule has 0 aliphatic heterocycles. The maximum atomic E-state index is 11.7. The van der Waals surface area contributed by atoms with Gasteiger partial charge in [-0.2, -0.15) is 0 Å². The fourth-order valence-corrected chi connectivity index (χ4v) is 2.12. The number of hydrogen-bond donors (Lipinski definition) is 3. The van der Waals surface area contributed by atoms with Gasteiger partial charge >= 0.3 is 6.09 Å². The molecule has 22 heavy (non-hydrogen) atoms. The number of benzene rings is 1. The summed E-state index contributed by atoms with van der Waals surface area (Å²) in [6, 6.07) is 10.3. The van der Waals surface area contributed by atoms with E-state index in [1.165, 1.54) is 5.56 Å². The van der Waals surface area contributed by atoms with Gasteiger partial charge in [-0.05, 0) is 39.7 Å². The minimum Gasteiger partial charge on any atom is -0.444 e. The number of ether oxygens (including phenoxy) is 1. The smallest absolute Gasteiger partial charge is 0.407 e. The summed E-state index contributed by atoms with van der Waals surface area (Å²) in [5.41, 5.74) is 6.54. The van der Waals surface area contributed by atoms with Crippen molar-refractivity contribution in [1.82, 2.24) is 10.6 Å². The minimum atomic E-state index is -0.484. The van der Waals surface area contributed by atoms with Crippen molar-refractivity contribution in [3.63, 3.8) is 0 Å². The zero-order valence-electron chi connectivity index (χ0n) is 14.1. The Balaban J connectivity index is 2.36. The summed E-state index contributed by atoms with van der Waals surface area (Å²) in [5, 5.41) is 6.26. The van der Waals surface area contributed by atoms with E-state index >= 15 is 0 Å². The van der Waals surface area contributed by atoms with Gasteiger partial charge in [0.1, 0.15) is 5.60 Å². The van der Waals surface area contributed by atoms with Crippen LogP contribution < -0.4 is 16.4 Å². The number of carbonyl (C=O) groups excluding carboxylic acids is 1. The molecule has 1 rings (SSSR count). The highest BCUT2D eigenvalue weighted by atomic mass is 16.6. The van der Waals surface area contributed by atoms with Crippen molar-refractivity contribution in [1.29, 1.82) is 0 Å². The van der Waals surface area contributed by atoms with Gasteiger partial charge in [-0.15, -0.1) is 0 Å². The van der Waals surface area contributed by atoms with Crippen LogP contribution in [-0.2, 0) is 11.3 Å². The van der Waals surface area contributed by atoms with Crippen LogP contribution in [0, 0.1) is 0 Å². The zero-order valence-corrected chi connectivity index (χ0v) is 14.1. The van der Waals surface area contributed by atoms with E-state index in [1.807, 2.05) is 45.9 Å². The van der Waals surface area contributed by atoms with E-state index in [-0.39, 0.29) is 18.2 Å². The van der Waals surface area contributed by atoms with E-state index in [9.17, 15) is 4.79 Å². The SMILES string of the molecule is CC(CC(CN)NCc1ccccc1)NC(=O)OC(C)(C)C. The maximum Gasteiger partial charge on any atom is 0.407 e. The Labute approximate surface area is 133 Å². The summed E-state index contributed by atoms with van der Waals surface area (Å²) in [4.78, 5) is 11.7. The molecule has 0 bridgehead atoms. The molecule has 0 heterocycles. The Morgan fingerprint density at radius 3 is 2.45 bits per heavy atom. The summed E-state index contributed by atoms with van der Waals surface area (Å²) in [7, 11) is 0. The van der Waals surface area contributed by atoms with Crippen molar-refractivity contribution in [2.24, 2.45) is 5.73 Å². The molecule has 0 aliphatic carbocycles. The monoisotopic (exact) mass is 307 g/mol. The van der Waals surface area contributed by atoms with E-state index in [2.05, 4.69) is 22.8 Å². The van der Waals surface area contributed by atoms with Gasteiger partial charge in [0.05, 0.1) is 0 Å². The molecule has 124 valence electrons. The largest absolute Gasteiger partial charge is 0.444 e. The molecule has 0 aromatic heterocycles. The summed E-state index contributed by atoms with van der Waals surface area (Å²) in [6.07, 6.45) is 0.363. The van der Waals surface area contributed by atoms with Gasteiger partial charge < -0.3 is 21.1 Å². The number of rotatable bonds is 7. The Morgan fingerprint density at radius 2 is 1.91 bits per heavy atom. The second-order valence-electron chi connectivity index (χ2n) is 6.58. The van der Waals surface area contributed by atoms with Crippen LogP contribution in [0.2, 0.25) is 0 Å². The first kappa shape index (κ1) is 18.5. The molecular weight excluding hydrogens is 278 g/mol. The van der Waals surface area contributed by atoms with E-state index in [1.54, 1.807) is 0 Å². The summed E-state index contributed by atoms with van der Waals surface area (Å²) in [5.74, 6) is 0. The van der Waals surface area contributed by atoms with Crippen LogP contribution in [0.5, 0.6) is 0 Å². The molecule has 4 N–H and O–H groups in total. The molecule has 0 fully saturated rings. The second kappa shape index (κ2) is 8.76. The predicted octanol–water partition coefficient (Wildman–Crippen LogP) is 2.41. The first-order valence-electron chi connectivity index (χ1n) is 7.77. The van der Waals surface area contributed by atoms with Crippen molar-refractivity contribution in [2.75, 3.05) is 6.54 Å². The van der Waals surface area contributed by atoms with E-state index < -0.39 is 5.60 Å². The van der Waals surface area contributed by atoms with Gasteiger partial charge in [0.15, 0.2) is 0 Å². The van der Waals surface area contributed by atoms with E-state index in [4.69, 9.17) is 10.5 Å². The van der Waals surface area contributed by atoms with Gasteiger partial charge in [-0.1, -0.05) is 30.3 Å². The number of amides is 1. The van der Waals surface area contributed by atoms with Crippen LogP contribution in [0.15, 0.2) is 30.3 Å². The van der Waals surface area contributed by atoms with Gasteiger partial charge in [0.25, 0.3) is 0 Å². The quantitative estimate of drug-likeness (QED) is 0.723. The lowest BCUT2D eigenvalue weighted by atomic mass is 10.1. The molecule has 0 aliphatic rings. The van der Waals surface area contributed by atoms with Crippen LogP contribution in [0.4, 0.5) is 4.79 Å². The third-order valence-corrected chi connectivity index (χ3v) is 3.12. The Kier molecular flexibility index (Phi) is 7.35. The molecule has 2 atom stereocenters. The predicted molar refractivity (Wildman–Crippen MR) is 89.6 cm³/mol. The van der Waals surface area contributed by atoms with Crippen molar-refractivity contribution in [3.05, 3.63) is 35.9 Å². The molecule has 5 nitrogen and oxygen atoms in total. The van der Waals surface area contributed by atoms with Crippen LogP contribution >= 0.6 is 0 Å². The van der Waals surface area contributed by atoms with Gasteiger partial charge in [0, 0.05) is 25.2 Å². The van der Waals surface area contributed by atoms with Crippen LogP contribution in [0.1, 0.15) is 39.7 Å². The fourth-order valence-electron chi connectivity index (χ4n) is 2.12. The van der Waals surface area contributed by atoms with Crippen molar-refractivity contribution < 1.29 is 9.53 Å². The second-order valence-corrected chi connectivity index (χ2v) is 6.58. The van der Waals surface area contributed by atoms with Crippen molar-refractivity contribution >= 4 is 6.09 Å². The van der Waals surface area contributed by atoms with Crippen molar-refractivity contribution in [2.45, 2.75) is 58.3 Å². The Morgan fingerprint density at radius 1 is 1.27 bits per heavy atom. The number of alkyl carbamates (subject to hydrolysis) is 1. The lowest BCUT2D eigenvalue weighted by Crippen LogP contribution is -2.44. The fraction of sp³-hybridized carbons (Fsp3) is 0.588. The van der Waals surface area contributed by atoms with Crippen LogP contribution in [0.25, 0.3) is 0 Å². The minimum absolute atomic E-state index is 0.00771. The summed E-state index contributed by atoms with van der Waals surface area (Å²) < 4.78 is 5.25. The topological polar surface area (TPSA) is 76.4 Å². The number of hydrogen-bond acceptors (Lipinski definition) is 4. The highest BCUT2D eigenvalue weighted by Gasteiger charge is 2.19. The molecule has 0 radical (unpaired) electrons. The van der Waals surface area contributed by atoms with Gasteiger partial charge in [-0.3, -0.25) is 0 Å². The molecule has 0 saturated carbocycles. The summed E-state index contributed by atoms with van der Waals surface area (Å²) >= 11 is 0. The normalized spacial score (nSPS) is 14.2. The molecule has 1 aromatic carbocycles. The van der Waals surface area contributed by atoms with Gasteiger partial charge in [-0.25, -0.2) is 4.79 Å². The molecule has 5 heteroatoms. The zero-order chi connectivity index (χ0) is 16.6. The number of nitrogens with one attached hydrogen (secondary N) is 2. The number of carbonyl (C=O) groups is 1. The van der Waals surface area contributed by atoms with Gasteiger partial charge in [0.2, 0.25) is 0 Å². The van der Waals surface area contributed by atoms with Crippen molar-refractivity contribution in [3.8, 4) is 0 Å². The first-order chi connectivity index (χ1) is 10.3. The third kappa shape index (κ3) is 8.00. The Hall–Kier alpha value is -1.59. The van der Waals surface area contributed by atoms with Crippen LogP contribution in [0.3, 0.4) is 0 Å². The highest BCUT2D eigenvalue weighted by molar-refractivity contribution is 5.68. The molecular formula is C17H29N3O2. The molecule has 0 spiro atoms. The standard InChI is InChI=1S/C17H29N3O2/c1-13(20-16(21)22-17(2,3)4)10-15(11-18)19-12-14-8-6-5-7-9-14/h5-9,13,15,19H,10-12,18H2,1-4H3,(H,20,21). The Bertz CT molecular complexity index is 443. The van der Waals surface area contributed by atoms with E-state index in [0.29, 0.717) is 6.54 Å². The number of nitrogens with two attached hydrogens (primary N) is 1. The average Bonchev–Trinajstić information content (AvgIpc) is 2.42. The van der Waals surface area contributed by atoms with Crippen LogP contribution in [-0.4, -0.2) is 30.3 Å². The third-order valence-electron chi connectivity index (χ3n) is 3.12. The lowest BCUT2D eigenvalue weighted by molar-refractivity contribution is 0.0504.